The average molecular weight is 336 g/mol. The summed E-state index contributed by atoms with van der Waals surface area (Å²) < 4.78 is 18.8. The summed E-state index contributed by atoms with van der Waals surface area (Å²) in [5.74, 6) is 0.999. The fraction of sp³-hybridized carbons (Fsp3) is 0.600. The summed E-state index contributed by atoms with van der Waals surface area (Å²) in [6.07, 6.45) is 1.37. The van der Waals surface area contributed by atoms with E-state index in [1.807, 2.05) is 4.90 Å². The second kappa shape index (κ2) is 7.08. The fourth-order valence-electron chi connectivity index (χ4n) is 2.99. The van der Waals surface area contributed by atoms with Crippen LogP contribution in [0.15, 0.2) is 16.8 Å². The van der Waals surface area contributed by atoms with E-state index in [2.05, 4.69) is 20.3 Å². The van der Waals surface area contributed by atoms with Crippen LogP contribution >= 0.6 is 0 Å². The third-order valence-electron chi connectivity index (χ3n) is 4.20. The summed E-state index contributed by atoms with van der Waals surface area (Å²) in [6, 6.07) is 1.71. The number of nitrogens with zero attached hydrogens (tertiary/aromatic N) is 5. The number of aromatic nitrogens is 4. The van der Waals surface area contributed by atoms with E-state index < -0.39 is 6.17 Å². The third-order valence-corrected chi connectivity index (χ3v) is 4.20. The topological polar surface area (TPSA) is 91.2 Å². The van der Waals surface area contributed by atoms with E-state index in [9.17, 15) is 9.18 Å². The zero-order chi connectivity index (χ0) is 17.1. The molecule has 1 saturated heterocycles. The molecular weight excluding hydrogens is 315 g/mol. The maximum Gasteiger partial charge on any atom is 0.228 e. The minimum absolute atomic E-state index is 0.0306. The first kappa shape index (κ1) is 16.6. The summed E-state index contributed by atoms with van der Waals surface area (Å²) >= 11 is 0. The van der Waals surface area contributed by atoms with Gasteiger partial charge in [0.15, 0.2) is 5.82 Å². The maximum atomic E-state index is 13.9. The highest BCUT2D eigenvalue weighted by Crippen LogP contribution is 2.23. The van der Waals surface area contributed by atoms with Crippen LogP contribution in [0.25, 0.3) is 0 Å². The molecule has 1 N–H and O–H groups in total. The molecule has 2 aromatic rings. The SMILES string of the molecule is Cc1nc(CN2C[C@@H](F)C[C@H]2CN(C)C(=O)Cc2ccn[nH]2)no1. The number of nitrogens with one attached hydrogen (secondary N) is 1. The van der Waals surface area contributed by atoms with Crippen molar-refractivity contribution in [1.82, 2.24) is 30.1 Å². The fourth-order valence-corrected chi connectivity index (χ4v) is 2.99. The van der Waals surface area contributed by atoms with Crippen LogP contribution < -0.4 is 0 Å². The Morgan fingerprint density at radius 2 is 2.42 bits per heavy atom. The van der Waals surface area contributed by atoms with Gasteiger partial charge in [-0.3, -0.25) is 14.8 Å². The van der Waals surface area contributed by atoms with Crippen LogP contribution in [0.5, 0.6) is 0 Å². The Bertz CT molecular complexity index is 673. The Hall–Kier alpha value is -2.29. The van der Waals surface area contributed by atoms with Gasteiger partial charge < -0.3 is 9.42 Å². The van der Waals surface area contributed by atoms with Gasteiger partial charge in [0.2, 0.25) is 11.8 Å². The molecule has 0 aromatic carbocycles. The number of likely N-dealkylation sites (tertiary alicyclic amines) is 1. The second-order valence-electron chi connectivity index (χ2n) is 6.18. The Morgan fingerprint density at radius 1 is 1.58 bits per heavy atom. The van der Waals surface area contributed by atoms with Gasteiger partial charge in [-0.05, 0) is 12.5 Å². The number of hydrogen-bond acceptors (Lipinski definition) is 6. The van der Waals surface area contributed by atoms with Crippen LogP contribution in [0.1, 0.15) is 23.8 Å². The Morgan fingerprint density at radius 3 is 3.08 bits per heavy atom. The van der Waals surface area contributed by atoms with Crippen LogP contribution in [0.3, 0.4) is 0 Å². The van der Waals surface area contributed by atoms with Crippen LogP contribution in [-0.4, -0.2) is 68.4 Å². The van der Waals surface area contributed by atoms with Gasteiger partial charge in [0.25, 0.3) is 0 Å². The highest BCUT2D eigenvalue weighted by molar-refractivity contribution is 5.78. The van der Waals surface area contributed by atoms with Gasteiger partial charge in [-0.2, -0.15) is 10.1 Å². The molecule has 130 valence electrons. The lowest BCUT2D eigenvalue weighted by atomic mass is 10.2. The van der Waals surface area contributed by atoms with E-state index in [1.165, 1.54) is 0 Å². The number of aryl methyl sites for hydroxylation is 1. The summed E-state index contributed by atoms with van der Waals surface area (Å²) in [4.78, 5) is 20.0. The molecule has 0 spiro atoms. The van der Waals surface area contributed by atoms with Crippen molar-refractivity contribution < 1.29 is 13.7 Å². The van der Waals surface area contributed by atoms with Crippen molar-refractivity contribution in [2.24, 2.45) is 0 Å². The summed E-state index contributed by atoms with van der Waals surface area (Å²) in [5, 5.41) is 10.5. The van der Waals surface area contributed by atoms with Gasteiger partial charge in [0, 0.05) is 45.0 Å². The van der Waals surface area contributed by atoms with E-state index in [4.69, 9.17) is 4.52 Å². The molecule has 1 aliphatic heterocycles. The van der Waals surface area contributed by atoms with Crippen LogP contribution in [0, 0.1) is 6.92 Å². The van der Waals surface area contributed by atoms with E-state index >= 15 is 0 Å². The Labute approximate surface area is 139 Å². The van der Waals surface area contributed by atoms with E-state index in [0.717, 1.165) is 5.69 Å². The van der Waals surface area contributed by atoms with E-state index in [-0.39, 0.29) is 18.4 Å². The smallest absolute Gasteiger partial charge is 0.228 e. The van der Waals surface area contributed by atoms with Crippen molar-refractivity contribution in [3.63, 3.8) is 0 Å². The highest BCUT2D eigenvalue weighted by Gasteiger charge is 2.34. The Kier molecular flexibility index (Phi) is 4.89. The van der Waals surface area contributed by atoms with E-state index in [0.29, 0.717) is 37.8 Å². The minimum Gasteiger partial charge on any atom is -0.344 e. The van der Waals surface area contributed by atoms with Crippen molar-refractivity contribution in [2.45, 2.75) is 38.5 Å². The number of hydrogen-bond donors (Lipinski definition) is 1. The molecule has 0 saturated carbocycles. The van der Waals surface area contributed by atoms with Gasteiger partial charge in [0.1, 0.15) is 6.17 Å². The quantitative estimate of drug-likeness (QED) is 0.836. The molecule has 0 unspecified atom stereocenters. The van der Waals surface area contributed by atoms with Gasteiger partial charge in [0.05, 0.1) is 13.0 Å². The number of likely N-dealkylation sites (N-methyl/N-ethyl adjacent to an activating group) is 1. The molecule has 9 heteroatoms. The van der Waals surface area contributed by atoms with Crippen molar-refractivity contribution in [2.75, 3.05) is 20.1 Å². The number of rotatable bonds is 6. The zero-order valence-corrected chi connectivity index (χ0v) is 13.8. The molecule has 0 radical (unpaired) electrons. The molecular formula is C15H21FN6O2. The lowest BCUT2D eigenvalue weighted by molar-refractivity contribution is -0.129. The first-order valence-corrected chi connectivity index (χ1v) is 7.91. The van der Waals surface area contributed by atoms with Crippen molar-refractivity contribution >= 4 is 5.91 Å². The molecule has 0 aliphatic carbocycles. The third kappa shape index (κ3) is 3.97. The van der Waals surface area contributed by atoms with Gasteiger partial charge >= 0.3 is 0 Å². The Balaban J connectivity index is 1.58. The second-order valence-corrected chi connectivity index (χ2v) is 6.18. The molecule has 1 amide bonds. The lowest BCUT2D eigenvalue weighted by Crippen LogP contribution is -2.41. The highest BCUT2D eigenvalue weighted by atomic mass is 19.1. The first-order valence-electron chi connectivity index (χ1n) is 7.91. The molecule has 3 heterocycles. The van der Waals surface area contributed by atoms with Crippen LogP contribution in [0.4, 0.5) is 4.39 Å². The lowest BCUT2D eigenvalue weighted by Gasteiger charge is -2.27. The summed E-state index contributed by atoms with van der Waals surface area (Å²) in [6.45, 7) is 2.92. The largest absolute Gasteiger partial charge is 0.344 e. The first-order chi connectivity index (χ1) is 11.5. The van der Waals surface area contributed by atoms with Crippen LogP contribution in [0.2, 0.25) is 0 Å². The van der Waals surface area contributed by atoms with E-state index in [1.54, 1.807) is 31.1 Å². The number of carbonyl (C=O) groups is 1. The molecule has 2 atom stereocenters. The molecule has 3 rings (SSSR count). The molecule has 2 aromatic heterocycles. The number of alkyl halides is 1. The number of amides is 1. The minimum atomic E-state index is -0.904. The van der Waals surface area contributed by atoms with Gasteiger partial charge in [-0.25, -0.2) is 4.39 Å². The zero-order valence-electron chi connectivity index (χ0n) is 13.8. The molecule has 0 bridgehead atoms. The predicted octanol–water partition coefficient (Wildman–Crippen LogP) is 0.715. The molecule has 24 heavy (non-hydrogen) atoms. The summed E-state index contributed by atoms with van der Waals surface area (Å²) in [7, 11) is 1.74. The van der Waals surface area contributed by atoms with Crippen molar-refractivity contribution in [3.8, 4) is 0 Å². The number of carbonyl (C=O) groups excluding carboxylic acids is 1. The number of halogens is 1. The number of H-pyrrole nitrogens is 1. The maximum absolute atomic E-state index is 13.9. The molecule has 1 aliphatic rings. The predicted molar refractivity (Wildman–Crippen MR) is 82.7 cm³/mol. The number of aromatic amines is 1. The van der Waals surface area contributed by atoms with Crippen molar-refractivity contribution in [3.05, 3.63) is 29.7 Å². The summed E-state index contributed by atoms with van der Waals surface area (Å²) in [5.41, 5.74) is 0.765. The molecule has 8 nitrogen and oxygen atoms in total. The molecule has 1 fully saturated rings. The van der Waals surface area contributed by atoms with Crippen molar-refractivity contribution in [1.29, 1.82) is 0 Å². The normalized spacial score (nSPS) is 21.3. The van der Waals surface area contributed by atoms with Gasteiger partial charge in [-0.1, -0.05) is 5.16 Å². The standard InChI is InChI=1S/C15H21FN6O2/c1-10-18-14(20-24-10)9-22-7-11(16)5-13(22)8-21(2)15(23)6-12-3-4-17-19-12/h3-4,11,13H,5-9H2,1-2H3,(H,17,19)/t11-,13-/m0/s1. The van der Waals surface area contributed by atoms with Gasteiger partial charge in [-0.15, -0.1) is 0 Å². The monoisotopic (exact) mass is 336 g/mol. The van der Waals surface area contributed by atoms with Crippen LogP contribution in [-0.2, 0) is 17.8 Å². The average Bonchev–Trinajstić information content (AvgIpc) is 3.23.